The quantitative estimate of drug-likeness (QED) is 0.721. The summed E-state index contributed by atoms with van der Waals surface area (Å²) in [6, 6.07) is 0.146. The summed E-state index contributed by atoms with van der Waals surface area (Å²) in [6.45, 7) is 6.15. The number of esters is 1. The van der Waals surface area contributed by atoms with E-state index in [0.29, 0.717) is 6.54 Å². The molecular formula is C15H28N2O3. The molecule has 1 heterocycles. The molecule has 0 aromatic heterocycles. The van der Waals surface area contributed by atoms with Gasteiger partial charge in [-0.1, -0.05) is 19.3 Å². The molecule has 1 aliphatic heterocycles. The fourth-order valence-electron chi connectivity index (χ4n) is 2.42. The van der Waals surface area contributed by atoms with Crippen LogP contribution in [0.15, 0.2) is 0 Å². The monoisotopic (exact) mass is 284 g/mol. The van der Waals surface area contributed by atoms with E-state index in [1.54, 1.807) is 0 Å². The van der Waals surface area contributed by atoms with Gasteiger partial charge in [-0.25, -0.2) is 0 Å². The lowest BCUT2D eigenvalue weighted by Gasteiger charge is -2.30. The van der Waals surface area contributed by atoms with Gasteiger partial charge in [0, 0.05) is 19.1 Å². The summed E-state index contributed by atoms with van der Waals surface area (Å²) in [5.41, 5.74) is 0. The number of methoxy groups -OCH3 is 1. The predicted octanol–water partition coefficient (Wildman–Crippen LogP) is 1.66. The third kappa shape index (κ3) is 5.90. The fraction of sp³-hybridized carbons (Fsp3) is 0.867. The van der Waals surface area contributed by atoms with E-state index in [-0.39, 0.29) is 24.5 Å². The maximum atomic E-state index is 12.4. The molecule has 0 bridgehead atoms. The molecule has 5 nitrogen and oxygen atoms in total. The Labute approximate surface area is 122 Å². The van der Waals surface area contributed by atoms with Gasteiger partial charge < -0.3 is 9.64 Å². The Morgan fingerprint density at radius 3 is 2.10 bits per heavy atom. The van der Waals surface area contributed by atoms with Crippen LogP contribution in [0.3, 0.4) is 0 Å². The van der Waals surface area contributed by atoms with Crippen molar-refractivity contribution in [3.8, 4) is 0 Å². The summed E-state index contributed by atoms with van der Waals surface area (Å²) >= 11 is 0. The number of carbonyl (C=O) groups is 2. The first-order valence-electron chi connectivity index (χ1n) is 7.63. The van der Waals surface area contributed by atoms with Crippen molar-refractivity contribution in [3.05, 3.63) is 0 Å². The topological polar surface area (TPSA) is 49.9 Å². The zero-order chi connectivity index (χ0) is 15.0. The van der Waals surface area contributed by atoms with E-state index in [1.807, 2.05) is 23.6 Å². The van der Waals surface area contributed by atoms with Crippen LogP contribution in [0.25, 0.3) is 0 Å². The third-order valence-corrected chi connectivity index (χ3v) is 3.84. The van der Waals surface area contributed by atoms with Gasteiger partial charge in [0.2, 0.25) is 5.91 Å². The summed E-state index contributed by atoms with van der Waals surface area (Å²) < 4.78 is 4.69. The lowest BCUT2D eigenvalue weighted by Crippen LogP contribution is -2.45. The summed E-state index contributed by atoms with van der Waals surface area (Å²) in [5.74, 6) is -0.163. The molecule has 0 radical (unpaired) electrons. The molecular weight excluding hydrogens is 256 g/mol. The van der Waals surface area contributed by atoms with Crippen molar-refractivity contribution in [2.45, 2.75) is 52.0 Å². The zero-order valence-electron chi connectivity index (χ0n) is 13.1. The van der Waals surface area contributed by atoms with E-state index in [0.717, 1.165) is 25.9 Å². The van der Waals surface area contributed by atoms with Gasteiger partial charge in [-0.3, -0.25) is 14.5 Å². The van der Waals surface area contributed by atoms with Crippen LogP contribution < -0.4 is 0 Å². The van der Waals surface area contributed by atoms with Crippen LogP contribution in [-0.4, -0.2) is 61.0 Å². The first-order valence-corrected chi connectivity index (χ1v) is 7.63. The molecule has 1 aliphatic rings. The van der Waals surface area contributed by atoms with E-state index in [9.17, 15) is 9.59 Å². The predicted molar refractivity (Wildman–Crippen MR) is 78.4 cm³/mol. The molecule has 1 rings (SSSR count). The van der Waals surface area contributed by atoms with Crippen LogP contribution in [0.4, 0.5) is 0 Å². The number of likely N-dealkylation sites (tertiary alicyclic amines) is 1. The summed E-state index contributed by atoms with van der Waals surface area (Å²) in [7, 11) is 1.38. The van der Waals surface area contributed by atoms with Crippen LogP contribution in [0.5, 0.6) is 0 Å². The van der Waals surface area contributed by atoms with Gasteiger partial charge in [0.15, 0.2) is 0 Å². The Bertz CT molecular complexity index is 310. The molecule has 0 atom stereocenters. The zero-order valence-corrected chi connectivity index (χ0v) is 13.1. The highest BCUT2D eigenvalue weighted by molar-refractivity contribution is 5.79. The maximum absolute atomic E-state index is 12.4. The molecule has 1 amide bonds. The highest BCUT2D eigenvalue weighted by Gasteiger charge is 2.21. The fourth-order valence-corrected chi connectivity index (χ4v) is 2.42. The molecule has 1 saturated heterocycles. The van der Waals surface area contributed by atoms with E-state index in [4.69, 9.17) is 0 Å². The lowest BCUT2D eigenvalue weighted by atomic mass is 10.1. The minimum Gasteiger partial charge on any atom is -0.468 e. The van der Waals surface area contributed by atoms with Gasteiger partial charge in [-0.05, 0) is 26.7 Å². The molecule has 20 heavy (non-hydrogen) atoms. The SMILES string of the molecule is COC(=O)CN(CC(=O)N1CCCCCCC1)C(C)C. The number of hydrogen-bond donors (Lipinski definition) is 0. The van der Waals surface area contributed by atoms with E-state index < -0.39 is 0 Å². The van der Waals surface area contributed by atoms with Crippen molar-refractivity contribution in [1.82, 2.24) is 9.80 Å². The van der Waals surface area contributed by atoms with Gasteiger partial charge in [0.25, 0.3) is 0 Å². The number of carbonyl (C=O) groups excluding carboxylic acids is 2. The summed E-state index contributed by atoms with van der Waals surface area (Å²) in [5, 5.41) is 0. The van der Waals surface area contributed by atoms with Crippen molar-refractivity contribution in [2.75, 3.05) is 33.3 Å². The van der Waals surface area contributed by atoms with Crippen molar-refractivity contribution in [2.24, 2.45) is 0 Å². The van der Waals surface area contributed by atoms with E-state index in [1.165, 1.54) is 26.4 Å². The second-order valence-electron chi connectivity index (χ2n) is 5.72. The van der Waals surface area contributed by atoms with Crippen LogP contribution >= 0.6 is 0 Å². The van der Waals surface area contributed by atoms with Crippen LogP contribution in [-0.2, 0) is 14.3 Å². The molecule has 0 N–H and O–H groups in total. The minimum atomic E-state index is -0.292. The van der Waals surface area contributed by atoms with Crippen molar-refractivity contribution < 1.29 is 14.3 Å². The molecule has 0 aromatic carbocycles. The Balaban J connectivity index is 2.52. The molecule has 5 heteroatoms. The van der Waals surface area contributed by atoms with E-state index in [2.05, 4.69) is 4.74 Å². The molecule has 0 spiro atoms. The third-order valence-electron chi connectivity index (χ3n) is 3.84. The number of amides is 1. The average Bonchev–Trinajstić information content (AvgIpc) is 2.36. The molecule has 1 fully saturated rings. The number of nitrogens with zero attached hydrogens (tertiary/aromatic N) is 2. The average molecular weight is 284 g/mol. The van der Waals surface area contributed by atoms with Crippen LogP contribution in [0.1, 0.15) is 46.0 Å². The van der Waals surface area contributed by atoms with Crippen LogP contribution in [0, 0.1) is 0 Å². The highest BCUT2D eigenvalue weighted by Crippen LogP contribution is 2.11. The van der Waals surface area contributed by atoms with E-state index >= 15 is 0 Å². The summed E-state index contributed by atoms with van der Waals surface area (Å²) in [6.07, 6.45) is 5.87. The van der Waals surface area contributed by atoms with Crippen molar-refractivity contribution >= 4 is 11.9 Å². The Morgan fingerprint density at radius 1 is 1.05 bits per heavy atom. The number of rotatable bonds is 5. The Hall–Kier alpha value is -1.10. The van der Waals surface area contributed by atoms with Crippen LogP contribution in [0.2, 0.25) is 0 Å². The molecule has 0 saturated carbocycles. The van der Waals surface area contributed by atoms with Gasteiger partial charge in [-0.2, -0.15) is 0 Å². The molecule has 0 aromatic rings. The largest absolute Gasteiger partial charge is 0.468 e. The van der Waals surface area contributed by atoms with Gasteiger partial charge in [0.1, 0.15) is 0 Å². The Kier molecular flexibility index (Phi) is 7.59. The van der Waals surface area contributed by atoms with Gasteiger partial charge >= 0.3 is 5.97 Å². The normalized spacial score (nSPS) is 16.9. The Morgan fingerprint density at radius 2 is 1.60 bits per heavy atom. The van der Waals surface area contributed by atoms with Crippen molar-refractivity contribution in [1.29, 1.82) is 0 Å². The smallest absolute Gasteiger partial charge is 0.319 e. The van der Waals surface area contributed by atoms with Gasteiger partial charge in [0.05, 0.1) is 20.2 Å². The first kappa shape index (κ1) is 17.0. The minimum absolute atomic E-state index is 0.129. The first-order chi connectivity index (χ1) is 9.54. The second kappa shape index (κ2) is 8.95. The standard InChI is InChI=1S/C15H28N2O3/c1-13(2)17(12-15(19)20-3)11-14(18)16-9-7-5-4-6-8-10-16/h13H,4-12H2,1-3H3. The van der Waals surface area contributed by atoms with Crippen molar-refractivity contribution in [3.63, 3.8) is 0 Å². The van der Waals surface area contributed by atoms with Gasteiger partial charge in [-0.15, -0.1) is 0 Å². The maximum Gasteiger partial charge on any atom is 0.319 e. The lowest BCUT2D eigenvalue weighted by molar-refractivity contribution is -0.143. The molecule has 0 unspecified atom stereocenters. The number of ether oxygens (including phenoxy) is 1. The molecule has 116 valence electrons. The second-order valence-corrected chi connectivity index (χ2v) is 5.72. The molecule has 0 aliphatic carbocycles. The number of hydrogen-bond acceptors (Lipinski definition) is 4. The highest BCUT2D eigenvalue weighted by atomic mass is 16.5. The summed E-state index contributed by atoms with van der Waals surface area (Å²) in [4.78, 5) is 27.6.